The maximum atomic E-state index is 11.7. The van der Waals surface area contributed by atoms with Gasteiger partial charge in [0.05, 0.1) is 19.7 Å². The third kappa shape index (κ3) is 6.07. The Morgan fingerprint density at radius 1 is 1.27 bits per heavy atom. The van der Waals surface area contributed by atoms with E-state index in [0.29, 0.717) is 18.1 Å². The first-order valence-electron chi connectivity index (χ1n) is 8.80. The predicted molar refractivity (Wildman–Crippen MR) is 118 cm³/mol. The first kappa shape index (κ1) is 21.8. The summed E-state index contributed by atoms with van der Waals surface area (Å²) in [6.45, 7) is 0.402. The largest absolute Gasteiger partial charge is 0.493 e. The van der Waals surface area contributed by atoms with Crippen LogP contribution in [0.3, 0.4) is 0 Å². The zero-order valence-electron chi connectivity index (χ0n) is 15.9. The first-order valence-corrected chi connectivity index (χ1v) is 10.5. The van der Waals surface area contributed by atoms with E-state index in [0.717, 1.165) is 27.4 Å². The number of aliphatic carboxylic acids is 1. The molecule has 30 heavy (non-hydrogen) atoms. The summed E-state index contributed by atoms with van der Waals surface area (Å²) in [5.74, 6) is -0.278. The highest BCUT2D eigenvalue weighted by atomic mass is 79.9. The third-order valence-corrected chi connectivity index (χ3v) is 5.59. The number of carbonyl (C=O) groups is 2. The minimum absolute atomic E-state index is 0.266. The molecule has 1 heterocycles. The molecule has 0 spiro atoms. The second-order valence-electron chi connectivity index (χ2n) is 6.17. The SMILES string of the molecule is COc1cc(/C=N\N=C2\NC(=O)[C@H](CC(=O)O)S2)ccc1OCc1ccc(Br)cc1. The number of carboxylic acid groups (broad SMARTS) is 1. The highest BCUT2D eigenvalue weighted by Gasteiger charge is 2.32. The van der Waals surface area contributed by atoms with E-state index in [9.17, 15) is 9.59 Å². The van der Waals surface area contributed by atoms with Crippen LogP contribution in [0.25, 0.3) is 0 Å². The van der Waals surface area contributed by atoms with Gasteiger partial charge in [0.25, 0.3) is 0 Å². The Kier molecular flexibility index (Phi) is 7.47. The van der Waals surface area contributed by atoms with Crippen molar-refractivity contribution in [3.8, 4) is 11.5 Å². The molecule has 3 rings (SSSR count). The molecule has 8 nitrogen and oxygen atoms in total. The van der Waals surface area contributed by atoms with E-state index in [4.69, 9.17) is 14.6 Å². The van der Waals surface area contributed by atoms with Gasteiger partial charge in [-0.1, -0.05) is 39.8 Å². The molecule has 2 aromatic rings. The van der Waals surface area contributed by atoms with E-state index >= 15 is 0 Å². The van der Waals surface area contributed by atoms with Gasteiger partial charge in [-0.2, -0.15) is 5.10 Å². The van der Waals surface area contributed by atoms with Crippen LogP contribution in [0.4, 0.5) is 0 Å². The van der Waals surface area contributed by atoms with Crippen molar-refractivity contribution in [2.75, 3.05) is 7.11 Å². The van der Waals surface area contributed by atoms with E-state index in [1.165, 1.54) is 6.21 Å². The fraction of sp³-hybridized carbons (Fsp3) is 0.200. The van der Waals surface area contributed by atoms with Crippen LogP contribution in [0.15, 0.2) is 57.1 Å². The normalized spacial score (nSPS) is 17.3. The van der Waals surface area contributed by atoms with Crippen LogP contribution in [-0.2, 0) is 16.2 Å². The van der Waals surface area contributed by atoms with Gasteiger partial charge in [0, 0.05) is 4.47 Å². The average molecular weight is 492 g/mol. The van der Waals surface area contributed by atoms with Crippen LogP contribution in [0.2, 0.25) is 0 Å². The fourth-order valence-corrected chi connectivity index (χ4v) is 3.70. The Morgan fingerprint density at radius 2 is 2.03 bits per heavy atom. The lowest BCUT2D eigenvalue weighted by Gasteiger charge is -2.11. The molecule has 0 saturated carbocycles. The summed E-state index contributed by atoms with van der Waals surface area (Å²) in [6, 6.07) is 13.2. The molecule has 1 aliphatic rings. The molecule has 1 atom stereocenters. The summed E-state index contributed by atoms with van der Waals surface area (Å²) in [4.78, 5) is 22.4. The van der Waals surface area contributed by atoms with Crippen LogP contribution in [0, 0.1) is 0 Å². The van der Waals surface area contributed by atoms with Gasteiger partial charge in [-0.3, -0.25) is 9.59 Å². The Hall–Kier alpha value is -2.85. The average Bonchev–Trinajstić information content (AvgIpc) is 3.06. The van der Waals surface area contributed by atoms with Crippen molar-refractivity contribution in [1.82, 2.24) is 5.32 Å². The number of nitrogens with one attached hydrogen (secondary N) is 1. The molecular formula is C20H18BrN3O5S. The zero-order chi connectivity index (χ0) is 21.5. The van der Waals surface area contributed by atoms with E-state index < -0.39 is 11.2 Å². The van der Waals surface area contributed by atoms with Crippen LogP contribution in [-0.4, -0.2) is 40.7 Å². The van der Waals surface area contributed by atoms with Gasteiger partial charge in [0.15, 0.2) is 16.7 Å². The fourth-order valence-electron chi connectivity index (χ4n) is 2.52. The number of amidine groups is 1. The number of hydrogen-bond donors (Lipinski definition) is 2. The summed E-state index contributed by atoms with van der Waals surface area (Å²) in [5.41, 5.74) is 1.75. The molecular weight excluding hydrogens is 474 g/mol. The number of carbonyl (C=O) groups excluding carboxylic acids is 1. The third-order valence-electron chi connectivity index (χ3n) is 3.99. The molecule has 0 aliphatic carbocycles. The van der Waals surface area contributed by atoms with Crippen LogP contribution < -0.4 is 14.8 Å². The van der Waals surface area contributed by atoms with Gasteiger partial charge >= 0.3 is 5.97 Å². The van der Waals surface area contributed by atoms with Gasteiger partial charge in [0.1, 0.15) is 11.9 Å². The van der Waals surface area contributed by atoms with Gasteiger partial charge in [-0.15, -0.1) is 5.10 Å². The summed E-state index contributed by atoms with van der Waals surface area (Å²) in [7, 11) is 1.55. The number of methoxy groups -OCH3 is 1. The molecule has 2 aromatic carbocycles. The summed E-state index contributed by atoms with van der Waals surface area (Å²) in [6.07, 6.45) is 1.24. The van der Waals surface area contributed by atoms with E-state index in [1.807, 2.05) is 24.3 Å². The quantitative estimate of drug-likeness (QED) is 0.432. The Labute approximate surface area is 185 Å². The summed E-state index contributed by atoms with van der Waals surface area (Å²) < 4.78 is 12.2. The topological polar surface area (TPSA) is 110 Å². The minimum atomic E-state index is -1.04. The lowest BCUT2D eigenvalue weighted by molar-refractivity contribution is -0.138. The molecule has 2 N–H and O–H groups in total. The standard InChI is InChI=1S/C20H18BrN3O5S/c1-28-16-8-13(4-7-15(16)29-11-12-2-5-14(21)6-3-12)10-22-24-20-23-19(27)17(30-20)9-18(25)26/h2-8,10,17H,9,11H2,1H3,(H,25,26)(H,23,24,27)/b22-10-/t17-/m0/s1. The molecule has 1 aliphatic heterocycles. The van der Waals surface area contributed by atoms with Crippen LogP contribution in [0.1, 0.15) is 17.5 Å². The van der Waals surface area contributed by atoms with E-state index in [-0.39, 0.29) is 17.5 Å². The molecule has 156 valence electrons. The van der Waals surface area contributed by atoms with Crippen molar-refractivity contribution >= 4 is 51.0 Å². The highest BCUT2D eigenvalue weighted by Crippen LogP contribution is 2.28. The number of carboxylic acids is 1. The number of hydrogen-bond acceptors (Lipinski definition) is 7. The Morgan fingerprint density at radius 3 is 2.73 bits per heavy atom. The Bertz CT molecular complexity index is 994. The predicted octanol–water partition coefficient (Wildman–Crippen LogP) is 3.43. The van der Waals surface area contributed by atoms with Crippen molar-refractivity contribution in [1.29, 1.82) is 0 Å². The van der Waals surface area contributed by atoms with Crippen molar-refractivity contribution in [3.63, 3.8) is 0 Å². The van der Waals surface area contributed by atoms with Gasteiger partial charge < -0.3 is 19.9 Å². The molecule has 0 radical (unpaired) electrons. The van der Waals surface area contributed by atoms with Crippen molar-refractivity contribution in [2.24, 2.45) is 10.2 Å². The number of thioether (sulfide) groups is 1. The zero-order valence-corrected chi connectivity index (χ0v) is 18.3. The first-order chi connectivity index (χ1) is 14.4. The lowest BCUT2D eigenvalue weighted by Crippen LogP contribution is -2.26. The number of benzene rings is 2. The van der Waals surface area contributed by atoms with Crippen LogP contribution in [0.5, 0.6) is 11.5 Å². The second kappa shape index (κ2) is 10.3. The van der Waals surface area contributed by atoms with Gasteiger partial charge in [0.2, 0.25) is 5.91 Å². The molecule has 1 saturated heterocycles. The van der Waals surface area contributed by atoms with Gasteiger partial charge in [-0.25, -0.2) is 0 Å². The lowest BCUT2D eigenvalue weighted by atomic mass is 10.2. The Balaban J connectivity index is 1.62. The van der Waals surface area contributed by atoms with Crippen molar-refractivity contribution in [3.05, 3.63) is 58.1 Å². The van der Waals surface area contributed by atoms with E-state index in [1.54, 1.807) is 25.3 Å². The number of ether oxygens (including phenoxy) is 2. The second-order valence-corrected chi connectivity index (χ2v) is 8.28. The number of halogens is 1. The molecule has 0 bridgehead atoms. The molecule has 1 amide bonds. The maximum absolute atomic E-state index is 11.7. The van der Waals surface area contributed by atoms with Crippen LogP contribution >= 0.6 is 27.7 Å². The molecule has 1 fully saturated rings. The molecule has 0 aromatic heterocycles. The van der Waals surface area contributed by atoms with Crippen molar-refractivity contribution < 1.29 is 24.2 Å². The molecule has 10 heteroatoms. The highest BCUT2D eigenvalue weighted by molar-refractivity contribution is 9.10. The van der Waals surface area contributed by atoms with E-state index in [2.05, 4.69) is 31.4 Å². The number of amides is 1. The smallest absolute Gasteiger partial charge is 0.305 e. The van der Waals surface area contributed by atoms with Crippen molar-refractivity contribution in [2.45, 2.75) is 18.3 Å². The number of nitrogens with zero attached hydrogens (tertiary/aromatic N) is 2. The van der Waals surface area contributed by atoms with Gasteiger partial charge in [-0.05, 0) is 41.5 Å². The summed E-state index contributed by atoms with van der Waals surface area (Å²) >= 11 is 4.45. The molecule has 0 unspecified atom stereocenters. The monoisotopic (exact) mass is 491 g/mol. The maximum Gasteiger partial charge on any atom is 0.305 e. The number of rotatable bonds is 8. The summed E-state index contributed by atoms with van der Waals surface area (Å²) in [5, 5.41) is 18.8. The minimum Gasteiger partial charge on any atom is -0.493 e.